The van der Waals surface area contributed by atoms with Crippen LogP contribution in [0.15, 0.2) is 48.8 Å². The minimum absolute atomic E-state index is 0.165. The van der Waals surface area contributed by atoms with Crippen LogP contribution in [-0.2, 0) is 4.79 Å². The summed E-state index contributed by atoms with van der Waals surface area (Å²) in [5.41, 5.74) is 6.57. The smallest absolute Gasteiger partial charge is 0.255 e. The van der Waals surface area contributed by atoms with Crippen LogP contribution in [0.2, 0.25) is 0 Å². The number of carbonyl (C=O) groups is 2. The summed E-state index contributed by atoms with van der Waals surface area (Å²) in [6, 6.07) is 9.84. The third kappa shape index (κ3) is 4.12. The van der Waals surface area contributed by atoms with E-state index in [2.05, 4.69) is 10.3 Å². The van der Waals surface area contributed by atoms with Crippen molar-refractivity contribution >= 4 is 17.5 Å². The first-order chi connectivity index (χ1) is 10.1. The van der Waals surface area contributed by atoms with Gasteiger partial charge in [-0.1, -0.05) is 12.1 Å². The van der Waals surface area contributed by atoms with Crippen molar-refractivity contribution in [3.05, 3.63) is 59.9 Å². The Balaban J connectivity index is 2.11. The second-order valence-corrected chi connectivity index (χ2v) is 4.50. The summed E-state index contributed by atoms with van der Waals surface area (Å²) in [4.78, 5) is 26.7. The molecule has 0 saturated carbocycles. The Morgan fingerprint density at radius 1 is 1.24 bits per heavy atom. The zero-order chi connectivity index (χ0) is 15.2. The van der Waals surface area contributed by atoms with Crippen molar-refractivity contribution in [2.24, 2.45) is 5.73 Å². The van der Waals surface area contributed by atoms with Gasteiger partial charge in [-0.2, -0.15) is 0 Å². The molecule has 0 aliphatic carbocycles. The third-order valence-corrected chi connectivity index (χ3v) is 2.87. The Morgan fingerprint density at radius 3 is 2.62 bits per heavy atom. The lowest BCUT2D eigenvalue weighted by Gasteiger charge is -2.11. The number of amides is 2. The van der Waals surface area contributed by atoms with Gasteiger partial charge < -0.3 is 16.2 Å². The van der Waals surface area contributed by atoms with Crippen LogP contribution in [-0.4, -0.2) is 21.9 Å². The molecule has 108 valence electrons. The molecule has 2 amide bonds. The van der Waals surface area contributed by atoms with Crippen molar-refractivity contribution in [3.63, 3.8) is 0 Å². The highest BCUT2D eigenvalue weighted by molar-refractivity contribution is 6.04. The molecule has 4 N–H and O–H groups in total. The maximum Gasteiger partial charge on any atom is 0.255 e. The fourth-order valence-corrected chi connectivity index (χ4v) is 1.84. The number of rotatable bonds is 5. The van der Waals surface area contributed by atoms with Crippen LogP contribution in [0.25, 0.3) is 0 Å². The molecule has 21 heavy (non-hydrogen) atoms. The lowest BCUT2D eigenvalue weighted by molar-refractivity contribution is -0.119. The van der Waals surface area contributed by atoms with Crippen LogP contribution in [0.1, 0.15) is 28.4 Å². The lowest BCUT2D eigenvalue weighted by atomic mass is 10.1. The van der Waals surface area contributed by atoms with Gasteiger partial charge in [-0.3, -0.25) is 14.6 Å². The molecular formula is C15H15N3O3. The molecule has 1 aromatic carbocycles. The number of nitrogens with two attached hydrogens (primary N) is 1. The van der Waals surface area contributed by atoms with Gasteiger partial charge >= 0.3 is 0 Å². The molecule has 1 aromatic heterocycles. The molecule has 0 radical (unpaired) electrons. The second kappa shape index (κ2) is 6.62. The number of aromatic nitrogens is 1. The predicted octanol–water partition coefficient (Wildman–Crippen LogP) is 1.24. The minimum Gasteiger partial charge on any atom is -0.388 e. The largest absolute Gasteiger partial charge is 0.388 e. The molecule has 2 rings (SSSR count). The first-order valence-corrected chi connectivity index (χ1v) is 6.34. The summed E-state index contributed by atoms with van der Waals surface area (Å²) >= 11 is 0. The van der Waals surface area contributed by atoms with Crippen LogP contribution in [0.3, 0.4) is 0 Å². The highest BCUT2D eigenvalue weighted by atomic mass is 16.3. The summed E-state index contributed by atoms with van der Waals surface area (Å²) < 4.78 is 0. The van der Waals surface area contributed by atoms with Gasteiger partial charge in [0.15, 0.2) is 0 Å². The van der Waals surface area contributed by atoms with Crippen molar-refractivity contribution in [1.82, 2.24) is 4.98 Å². The average Bonchev–Trinajstić information content (AvgIpc) is 2.47. The standard InChI is InChI=1S/C15H15N3O3/c16-14(20)9-13(19)11-2-1-3-12(8-11)18-15(21)10-4-6-17-7-5-10/h1-8,13,19H,9H2,(H2,16,20)(H,18,21). The Kier molecular flexibility index (Phi) is 4.63. The number of aliphatic hydroxyl groups excluding tert-OH is 1. The van der Waals surface area contributed by atoms with E-state index in [1.54, 1.807) is 36.4 Å². The Hall–Kier alpha value is -2.73. The molecule has 2 aromatic rings. The van der Waals surface area contributed by atoms with Gasteiger partial charge in [0.05, 0.1) is 12.5 Å². The van der Waals surface area contributed by atoms with Gasteiger partial charge in [-0.15, -0.1) is 0 Å². The number of anilines is 1. The van der Waals surface area contributed by atoms with Crippen molar-refractivity contribution < 1.29 is 14.7 Å². The summed E-state index contributed by atoms with van der Waals surface area (Å²) in [6.07, 6.45) is 1.91. The van der Waals surface area contributed by atoms with E-state index in [9.17, 15) is 14.7 Å². The fraction of sp³-hybridized carbons (Fsp3) is 0.133. The molecular weight excluding hydrogens is 270 g/mol. The Labute approximate surface area is 121 Å². The van der Waals surface area contributed by atoms with Gasteiger partial charge in [0, 0.05) is 23.6 Å². The van der Waals surface area contributed by atoms with Crippen LogP contribution in [0.4, 0.5) is 5.69 Å². The van der Waals surface area contributed by atoms with Crippen LogP contribution in [0.5, 0.6) is 0 Å². The number of primary amides is 1. The molecule has 1 unspecified atom stereocenters. The van der Waals surface area contributed by atoms with E-state index in [0.717, 1.165) is 0 Å². The lowest BCUT2D eigenvalue weighted by Crippen LogP contribution is -2.15. The normalized spacial score (nSPS) is 11.7. The molecule has 0 saturated heterocycles. The second-order valence-electron chi connectivity index (χ2n) is 4.50. The van der Waals surface area contributed by atoms with Crippen molar-refractivity contribution in [2.45, 2.75) is 12.5 Å². The predicted molar refractivity (Wildman–Crippen MR) is 77.4 cm³/mol. The number of hydrogen-bond donors (Lipinski definition) is 3. The summed E-state index contributed by atoms with van der Waals surface area (Å²) in [5.74, 6) is -0.868. The maximum absolute atomic E-state index is 12.0. The monoisotopic (exact) mass is 285 g/mol. The molecule has 0 aliphatic heterocycles. The van der Waals surface area contributed by atoms with E-state index in [0.29, 0.717) is 16.8 Å². The quantitative estimate of drug-likeness (QED) is 0.768. The molecule has 6 nitrogen and oxygen atoms in total. The third-order valence-electron chi connectivity index (χ3n) is 2.87. The first-order valence-electron chi connectivity index (χ1n) is 6.34. The van der Waals surface area contributed by atoms with E-state index >= 15 is 0 Å². The van der Waals surface area contributed by atoms with Crippen LogP contribution in [0, 0.1) is 0 Å². The van der Waals surface area contributed by atoms with E-state index in [-0.39, 0.29) is 12.3 Å². The first kappa shape index (κ1) is 14.7. The van der Waals surface area contributed by atoms with Crippen molar-refractivity contribution in [3.8, 4) is 0 Å². The number of nitrogens with one attached hydrogen (secondary N) is 1. The van der Waals surface area contributed by atoms with Gasteiger partial charge in [0.2, 0.25) is 5.91 Å². The molecule has 0 fully saturated rings. The van der Waals surface area contributed by atoms with Crippen LogP contribution >= 0.6 is 0 Å². The van der Waals surface area contributed by atoms with Crippen molar-refractivity contribution in [2.75, 3.05) is 5.32 Å². The minimum atomic E-state index is -0.986. The van der Waals surface area contributed by atoms with E-state index in [1.165, 1.54) is 12.4 Å². The fourth-order valence-electron chi connectivity index (χ4n) is 1.84. The topological polar surface area (TPSA) is 105 Å². The number of pyridine rings is 1. The maximum atomic E-state index is 12.0. The Morgan fingerprint density at radius 2 is 1.95 bits per heavy atom. The molecule has 0 bridgehead atoms. The number of nitrogens with zero attached hydrogens (tertiary/aromatic N) is 1. The van der Waals surface area contributed by atoms with E-state index < -0.39 is 12.0 Å². The Bertz CT molecular complexity index is 644. The number of hydrogen-bond acceptors (Lipinski definition) is 4. The van der Waals surface area contributed by atoms with Gasteiger partial charge in [0.25, 0.3) is 5.91 Å². The van der Waals surface area contributed by atoms with Gasteiger partial charge in [-0.05, 0) is 29.8 Å². The van der Waals surface area contributed by atoms with E-state index in [1.807, 2.05) is 0 Å². The molecule has 0 spiro atoms. The number of aliphatic hydroxyl groups is 1. The highest BCUT2D eigenvalue weighted by Gasteiger charge is 2.12. The molecule has 6 heteroatoms. The van der Waals surface area contributed by atoms with Crippen LogP contribution < -0.4 is 11.1 Å². The summed E-state index contributed by atoms with van der Waals surface area (Å²) in [6.45, 7) is 0. The highest BCUT2D eigenvalue weighted by Crippen LogP contribution is 2.20. The zero-order valence-corrected chi connectivity index (χ0v) is 11.2. The average molecular weight is 285 g/mol. The van der Waals surface area contributed by atoms with E-state index in [4.69, 9.17) is 5.73 Å². The number of benzene rings is 1. The number of carbonyl (C=O) groups excluding carboxylic acids is 2. The molecule has 1 heterocycles. The summed E-state index contributed by atoms with van der Waals surface area (Å²) in [5, 5.41) is 12.6. The summed E-state index contributed by atoms with van der Waals surface area (Å²) in [7, 11) is 0. The molecule has 1 atom stereocenters. The van der Waals surface area contributed by atoms with Gasteiger partial charge in [-0.25, -0.2) is 0 Å². The van der Waals surface area contributed by atoms with Gasteiger partial charge in [0.1, 0.15) is 0 Å². The molecule has 0 aliphatic rings. The van der Waals surface area contributed by atoms with Crippen molar-refractivity contribution in [1.29, 1.82) is 0 Å². The zero-order valence-electron chi connectivity index (χ0n) is 11.2. The SMILES string of the molecule is NC(=O)CC(O)c1cccc(NC(=O)c2ccncc2)c1.